The smallest absolute Gasteiger partial charge is 0.229 e. The van der Waals surface area contributed by atoms with Gasteiger partial charge in [-0.3, -0.25) is 14.2 Å². The molecule has 1 atom stereocenters. The molecule has 2 aromatic carbocycles. The second-order valence-electron chi connectivity index (χ2n) is 8.04. The van der Waals surface area contributed by atoms with Gasteiger partial charge in [0.15, 0.2) is 0 Å². The molecule has 0 bridgehead atoms. The van der Waals surface area contributed by atoms with E-state index >= 15 is 0 Å². The zero-order chi connectivity index (χ0) is 23.5. The highest BCUT2D eigenvalue weighted by Gasteiger charge is 2.35. The molecular formula is C25H23N7O2. The lowest BCUT2D eigenvalue weighted by molar-refractivity contribution is -0.122. The fraction of sp³-hybridized carbons (Fsp3) is 0.160. The van der Waals surface area contributed by atoms with Crippen LogP contribution in [0.1, 0.15) is 12.2 Å². The van der Waals surface area contributed by atoms with E-state index in [4.69, 9.17) is 0 Å². The van der Waals surface area contributed by atoms with Crippen LogP contribution in [0, 0.1) is 12.8 Å². The van der Waals surface area contributed by atoms with Crippen molar-refractivity contribution in [2.45, 2.75) is 13.3 Å². The maximum Gasteiger partial charge on any atom is 0.229 e. The molecule has 4 aromatic rings. The van der Waals surface area contributed by atoms with Gasteiger partial charge >= 0.3 is 0 Å². The van der Waals surface area contributed by atoms with Gasteiger partial charge in [0.1, 0.15) is 23.8 Å². The average molecular weight is 454 g/mol. The molecule has 0 radical (unpaired) electrons. The highest BCUT2D eigenvalue weighted by Crippen LogP contribution is 2.26. The number of aryl methyl sites for hydroxylation is 1. The summed E-state index contributed by atoms with van der Waals surface area (Å²) in [6, 6.07) is 18.6. The van der Waals surface area contributed by atoms with Gasteiger partial charge in [0.05, 0.1) is 5.92 Å². The normalized spacial score (nSPS) is 15.4. The lowest BCUT2D eigenvalue weighted by Crippen LogP contribution is -2.28. The van der Waals surface area contributed by atoms with Crippen LogP contribution in [-0.2, 0) is 9.59 Å². The summed E-state index contributed by atoms with van der Waals surface area (Å²) < 4.78 is 1.87. The maximum absolute atomic E-state index is 12.8. The zero-order valence-electron chi connectivity index (χ0n) is 18.5. The van der Waals surface area contributed by atoms with Crippen molar-refractivity contribution in [2.75, 3.05) is 22.1 Å². The summed E-state index contributed by atoms with van der Waals surface area (Å²) in [6.45, 7) is 2.28. The van der Waals surface area contributed by atoms with E-state index in [0.717, 1.165) is 17.2 Å². The van der Waals surface area contributed by atoms with Crippen LogP contribution in [0.5, 0.6) is 0 Å². The summed E-state index contributed by atoms with van der Waals surface area (Å²) in [6.07, 6.45) is 5.26. The SMILES string of the molecule is Cc1nccn1-c1cc(Nc2ccc(NC(=O)[C@H]3CC(=O)N(c4ccccc4)C3)cc2)ncn1. The molecule has 2 aromatic heterocycles. The van der Waals surface area contributed by atoms with Gasteiger partial charge in [-0.1, -0.05) is 18.2 Å². The third-order valence-corrected chi connectivity index (χ3v) is 5.71. The third kappa shape index (κ3) is 4.49. The van der Waals surface area contributed by atoms with Crippen LogP contribution in [0.2, 0.25) is 0 Å². The molecule has 0 aliphatic carbocycles. The highest BCUT2D eigenvalue weighted by atomic mass is 16.2. The number of nitrogens with zero attached hydrogens (tertiary/aromatic N) is 5. The van der Waals surface area contributed by atoms with Crippen LogP contribution in [0.4, 0.5) is 22.9 Å². The van der Waals surface area contributed by atoms with Gasteiger partial charge in [-0.05, 0) is 43.3 Å². The summed E-state index contributed by atoms with van der Waals surface area (Å²) in [5.74, 6) is 1.59. The number of hydrogen-bond acceptors (Lipinski definition) is 6. The van der Waals surface area contributed by atoms with Crippen molar-refractivity contribution >= 4 is 34.7 Å². The molecule has 1 saturated heterocycles. The van der Waals surface area contributed by atoms with Crippen molar-refractivity contribution in [3.8, 4) is 5.82 Å². The number of imidazole rings is 1. The minimum Gasteiger partial charge on any atom is -0.340 e. The van der Waals surface area contributed by atoms with Crippen LogP contribution in [0.25, 0.3) is 5.82 Å². The number of carbonyl (C=O) groups is 2. The summed E-state index contributed by atoms with van der Waals surface area (Å²) in [5, 5.41) is 6.16. The van der Waals surface area contributed by atoms with Gasteiger partial charge in [-0.2, -0.15) is 0 Å². The minimum absolute atomic E-state index is 0.0407. The van der Waals surface area contributed by atoms with Crippen molar-refractivity contribution in [2.24, 2.45) is 5.92 Å². The first-order valence-electron chi connectivity index (χ1n) is 10.9. The molecule has 9 heteroatoms. The fourth-order valence-corrected chi connectivity index (χ4v) is 3.94. The molecule has 2 amide bonds. The molecule has 170 valence electrons. The second-order valence-corrected chi connectivity index (χ2v) is 8.04. The molecule has 34 heavy (non-hydrogen) atoms. The Hall–Kier alpha value is -4.53. The Labute approximate surface area is 196 Å². The summed E-state index contributed by atoms with van der Waals surface area (Å²) >= 11 is 0. The second kappa shape index (κ2) is 9.14. The summed E-state index contributed by atoms with van der Waals surface area (Å²) in [7, 11) is 0. The van der Waals surface area contributed by atoms with E-state index in [1.165, 1.54) is 6.33 Å². The van der Waals surface area contributed by atoms with E-state index in [1.807, 2.05) is 78.4 Å². The zero-order valence-corrected chi connectivity index (χ0v) is 18.5. The van der Waals surface area contributed by atoms with Crippen LogP contribution in [0.3, 0.4) is 0 Å². The predicted molar refractivity (Wildman–Crippen MR) is 129 cm³/mol. The van der Waals surface area contributed by atoms with Crippen LogP contribution in [-0.4, -0.2) is 37.9 Å². The van der Waals surface area contributed by atoms with Crippen molar-refractivity contribution in [3.63, 3.8) is 0 Å². The third-order valence-electron chi connectivity index (χ3n) is 5.71. The first kappa shape index (κ1) is 21.3. The Morgan fingerprint density at radius 3 is 2.50 bits per heavy atom. The van der Waals surface area contributed by atoms with E-state index in [2.05, 4.69) is 25.6 Å². The van der Waals surface area contributed by atoms with Gasteiger partial charge in [0.25, 0.3) is 0 Å². The highest BCUT2D eigenvalue weighted by molar-refractivity contribution is 6.03. The molecule has 1 aliphatic heterocycles. The van der Waals surface area contributed by atoms with Crippen LogP contribution in [0.15, 0.2) is 79.4 Å². The van der Waals surface area contributed by atoms with E-state index in [0.29, 0.717) is 23.9 Å². The van der Waals surface area contributed by atoms with Gasteiger partial charge in [-0.25, -0.2) is 15.0 Å². The Kier molecular flexibility index (Phi) is 5.73. The van der Waals surface area contributed by atoms with Crippen molar-refractivity contribution in [1.29, 1.82) is 0 Å². The molecule has 5 rings (SSSR count). The van der Waals surface area contributed by atoms with Crippen LogP contribution >= 0.6 is 0 Å². The van der Waals surface area contributed by atoms with Gasteiger partial charge in [0.2, 0.25) is 11.8 Å². The number of aromatic nitrogens is 4. The van der Waals surface area contributed by atoms with Crippen molar-refractivity contribution in [3.05, 3.63) is 85.2 Å². The Bertz CT molecular complexity index is 1320. The van der Waals surface area contributed by atoms with Gasteiger partial charge < -0.3 is 15.5 Å². The number of anilines is 4. The quantitative estimate of drug-likeness (QED) is 0.461. The number of carbonyl (C=O) groups excluding carboxylic acids is 2. The Balaban J connectivity index is 1.21. The molecule has 2 N–H and O–H groups in total. The molecule has 3 heterocycles. The van der Waals surface area contributed by atoms with E-state index in [-0.39, 0.29) is 18.2 Å². The standard InChI is InChI=1S/C25H23N7O2/c1-17-26-11-12-31(17)23-14-22(27-16-28-23)29-19-7-9-20(10-8-19)30-25(34)18-13-24(33)32(15-18)21-5-3-2-4-6-21/h2-12,14,16,18H,13,15H2,1H3,(H,30,34)(H,27,28,29)/t18-/m0/s1. The first-order chi connectivity index (χ1) is 16.6. The molecule has 0 unspecified atom stereocenters. The number of benzene rings is 2. The monoisotopic (exact) mass is 453 g/mol. The molecule has 9 nitrogen and oxygen atoms in total. The number of hydrogen-bond donors (Lipinski definition) is 2. The lowest BCUT2D eigenvalue weighted by Gasteiger charge is -2.16. The largest absolute Gasteiger partial charge is 0.340 e. The first-order valence-corrected chi connectivity index (χ1v) is 10.9. The summed E-state index contributed by atoms with van der Waals surface area (Å²) in [5.41, 5.74) is 2.30. The number of amides is 2. The van der Waals surface area contributed by atoms with E-state index in [9.17, 15) is 9.59 Å². The minimum atomic E-state index is -0.392. The molecule has 1 aliphatic rings. The molecule has 0 saturated carbocycles. The van der Waals surface area contributed by atoms with Crippen molar-refractivity contribution in [1.82, 2.24) is 19.5 Å². The average Bonchev–Trinajstić information content (AvgIpc) is 3.46. The fourth-order valence-electron chi connectivity index (χ4n) is 3.94. The summed E-state index contributed by atoms with van der Waals surface area (Å²) in [4.78, 5) is 39.6. The van der Waals surface area contributed by atoms with Gasteiger partial charge in [0, 0.05) is 48.5 Å². The number of para-hydroxylation sites is 1. The van der Waals surface area contributed by atoms with Crippen LogP contribution < -0.4 is 15.5 Å². The Morgan fingerprint density at radius 2 is 1.76 bits per heavy atom. The number of rotatable bonds is 6. The molecular weight excluding hydrogens is 430 g/mol. The topological polar surface area (TPSA) is 105 Å². The Morgan fingerprint density at radius 1 is 1.00 bits per heavy atom. The number of nitrogens with one attached hydrogen (secondary N) is 2. The van der Waals surface area contributed by atoms with Gasteiger partial charge in [-0.15, -0.1) is 0 Å². The molecule has 1 fully saturated rings. The van der Waals surface area contributed by atoms with E-state index in [1.54, 1.807) is 11.1 Å². The molecule has 0 spiro atoms. The van der Waals surface area contributed by atoms with Crippen molar-refractivity contribution < 1.29 is 9.59 Å². The maximum atomic E-state index is 12.8. The predicted octanol–water partition coefficient (Wildman–Crippen LogP) is 3.71. The van der Waals surface area contributed by atoms with E-state index < -0.39 is 5.92 Å². The lowest BCUT2D eigenvalue weighted by atomic mass is 10.1.